The van der Waals surface area contributed by atoms with Crippen LogP contribution in [-0.4, -0.2) is 48.5 Å². The normalized spacial score (nSPS) is 34.8. The zero-order valence-electron chi connectivity index (χ0n) is 9.69. The minimum absolute atomic E-state index is 0.0441. The van der Waals surface area contributed by atoms with E-state index in [1.54, 1.807) is 0 Å². The van der Waals surface area contributed by atoms with Gasteiger partial charge in [-0.25, -0.2) is 0 Å². The van der Waals surface area contributed by atoms with Gasteiger partial charge in [-0.15, -0.1) is 0 Å². The van der Waals surface area contributed by atoms with Crippen LogP contribution >= 0.6 is 0 Å². The number of rotatable bonds is 3. The van der Waals surface area contributed by atoms with Gasteiger partial charge in [0.25, 0.3) is 0 Å². The van der Waals surface area contributed by atoms with E-state index in [4.69, 9.17) is 9.84 Å². The van der Waals surface area contributed by atoms with E-state index in [0.29, 0.717) is 6.04 Å². The number of hydrogen-bond donors (Lipinski definition) is 1. The zero-order chi connectivity index (χ0) is 10.7. The van der Waals surface area contributed by atoms with E-state index >= 15 is 0 Å². The molecule has 1 N–H and O–H groups in total. The second kappa shape index (κ2) is 5.28. The molecule has 0 radical (unpaired) electrons. The summed E-state index contributed by atoms with van der Waals surface area (Å²) >= 11 is 0. The third-order valence-electron chi connectivity index (χ3n) is 3.81. The van der Waals surface area contributed by atoms with Crippen LogP contribution in [0.4, 0.5) is 0 Å². The average molecular weight is 213 g/mol. The first-order valence-corrected chi connectivity index (χ1v) is 6.26. The summed E-state index contributed by atoms with van der Waals surface area (Å²) in [6.07, 6.45) is 5.66. The quantitative estimate of drug-likeness (QED) is 0.766. The molecule has 1 saturated carbocycles. The number of ether oxygens (including phenoxy) is 1. The highest BCUT2D eigenvalue weighted by Gasteiger charge is 2.28. The molecule has 0 aromatic carbocycles. The number of hydrogen-bond acceptors (Lipinski definition) is 3. The molecular formula is C12H23NO2. The molecule has 2 aliphatic rings. The van der Waals surface area contributed by atoms with Gasteiger partial charge in [0, 0.05) is 19.1 Å². The van der Waals surface area contributed by atoms with Crippen molar-refractivity contribution in [3.05, 3.63) is 0 Å². The lowest BCUT2D eigenvalue weighted by molar-refractivity contribution is -0.0812. The molecule has 2 atom stereocenters. The van der Waals surface area contributed by atoms with E-state index in [2.05, 4.69) is 11.8 Å². The van der Waals surface area contributed by atoms with Gasteiger partial charge >= 0.3 is 0 Å². The fourth-order valence-electron chi connectivity index (χ4n) is 2.76. The summed E-state index contributed by atoms with van der Waals surface area (Å²) in [7, 11) is 0. The van der Waals surface area contributed by atoms with Crippen molar-refractivity contribution in [3.63, 3.8) is 0 Å². The van der Waals surface area contributed by atoms with Crippen molar-refractivity contribution in [2.75, 3.05) is 26.3 Å². The van der Waals surface area contributed by atoms with Gasteiger partial charge in [-0.1, -0.05) is 12.8 Å². The van der Waals surface area contributed by atoms with Crippen LogP contribution in [0.25, 0.3) is 0 Å². The molecule has 0 aromatic heterocycles. The topological polar surface area (TPSA) is 32.7 Å². The lowest BCUT2D eigenvalue weighted by Gasteiger charge is -2.38. The molecule has 3 nitrogen and oxygen atoms in total. The monoisotopic (exact) mass is 213 g/mol. The first-order valence-electron chi connectivity index (χ1n) is 6.26. The Bertz CT molecular complexity index is 192. The van der Waals surface area contributed by atoms with Gasteiger partial charge in [0.1, 0.15) is 0 Å². The van der Waals surface area contributed by atoms with Crippen molar-refractivity contribution in [2.45, 2.75) is 44.8 Å². The Hall–Kier alpha value is -0.120. The number of aliphatic hydroxyl groups excluding tert-OH is 1. The van der Waals surface area contributed by atoms with Crippen LogP contribution in [0.1, 0.15) is 32.6 Å². The third-order valence-corrected chi connectivity index (χ3v) is 3.81. The Morgan fingerprint density at radius 2 is 2.07 bits per heavy atom. The van der Waals surface area contributed by atoms with Gasteiger partial charge < -0.3 is 9.84 Å². The van der Waals surface area contributed by atoms with Crippen LogP contribution in [0, 0.1) is 5.92 Å². The maximum Gasteiger partial charge on any atom is 0.0933 e. The fourth-order valence-corrected chi connectivity index (χ4v) is 2.76. The van der Waals surface area contributed by atoms with Gasteiger partial charge in [-0.3, -0.25) is 4.90 Å². The van der Waals surface area contributed by atoms with Crippen LogP contribution < -0.4 is 0 Å². The van der Waals surface area contributed by atoms with Crippen LogP contribution in [0.5, 0.6) is 0 Å². The second-order valence-electron chi connectivity index (χ2n) is 5.09. The van der Waals surface area contributed by atoms with Crippen molar-refractivity contribution < 1.29 is 9.84 Å². The predicted octanol–water partition coefficient (Wildman–Crippen LogP) is 1.26. The Morgan fingerprint density at radius 3 is 2.73 bits per heavy atom. The Labute approximate surface area is 92.4 Å². The molecule has 2 fully saturated rings. The molecule has 3 heteroatoms. The van der Waals surface area contributed by atoms with Gasteiger partial charge in [0.05, 0.1) is 19.3 Å². The molecule has 1 saturated heterocycles. The average Bonchev–Trinajstić information content (AvgIpc) is 2.74. The van der Waals surface area contributed by atoms with Gasteiger partial charge in [0.15, 0.2) is 0 Å². The fraction of sp³-hybridized carbons (Fsp3) is 1.00. The van der Waals surface area contributed by atoms with Gasteiger partial charge in [-0.2, -0.15) is 0 Å². The molecule has 1 aliphatic carbocycles. The summed E-state index contributed by atoms with van der Waals surface area (Å²) in [6, 6.07) is 0.522. The molecule has 88 valence electrons. The van der Waals surface area contributed by atoms with Crippen molar-refractivity contribution in [1.29, 1.82) is 0 Å². The first kappa shape index (κ1) is 11.4. The summed E-state index contributed by atoms with van der Waals surface area (Å²) in [4.78, 5) is 2.50. The van der Waals surface area contributed by atoms with Crippen molar-refractivity contribution in [2.24, 2.45) is 5.92 Å². The molecule has 0 bridgehead atoms. The van der Waals surface area contributed by atoms with E-state index in [9.17, 15) is 0 Å². The second-order valence-corrected chi connectivity index (χ2v) is 5.09. The maximum absolute atomic E-state index is 9.10. The zero-order valence-corrected chi connectivity index (χ0v) is 9.69. The number of nitrogens with zero attached hydrogens (tertiary/aromatic N) is 1. The van der Waals surface area contributed by atoms with Crippen LogP contribution in [0.2, 0.25) is 0 Å². The minimum atomic E-state index is 0.0441. The molecule has 1 heterocycles. The van der Waals surface area contributed by atoms with Crippen LogP contribution in [0.3, 0.4) is 0 Å². The Kier molecular flexibility index (Phi) is 4.00. The summed E-state index contributed by atoms with van der Waals surface area (Å²) in [6.45, 7) is 5.28. The highest BCUT2D eigenvalue weighted by atomic mass is 16.5. The maximum atomic E-state index is 9.10. The molecule has 0 spiro atoms. The lowest BCUT2D eigenvalue weighted by Crippen LogP contribution is -2.50. The molecule has 1 aliphatic heterocycles. The SMILES string of the molecule is CC1COC(CO)CN1CC1CCCC1. The Morgan fingerprint density at radius 1 is 1.33 bits per heavy atom. The van der Waals surface area contributed by atoms with Crippen molar-refractivity contribution in [1.82, 2.24) is 4.90 Å². The molecule has 0 aromatic rings. The molecule has 0 amide bonds. The summed E-state index contributed by atoms with van der Waals surface area (Å²) < 4.78 is 5.54. The smallest absolute Gasteiger partial charge is 0.0933 e. The van der Waals surface area contributed by atoms with E-state index in [-0.39, 0.29) is 12.7 Å². The first-order chi connectivity index (χ1) is 7.29. The highest BCUT2D eigenvalue weighted by molar-refractivity contribution is 4.80. The van der Waals surface area contributed by atoms with Crippen LogP contribution in [0.15, 0.2) is 0 Å². The van der Waals surface area contributed by atoms with E-state index in [0.717, 1.165) is 19.1 Å². The number of morpholine rings is 1. The molecular weight excluding hydrogens is 190 g/mol. The Balaban J connectivity index is 1.82. The summed E-state index contributed by atoms with van der Waals surface area (Å²) in [5, 5.41) is 9.10. The van der Waals surface area contributed by atoms with Crippen molar-refractivity contribution >= 4 is 0 Å². The lowest BCUT2D eigenvalue weighted by atomic mass is 10.1. The molecule has 2 rings (SSSR count). The highest BCUT2D eigenvalue weighted by Crippen LogP contribution is 2.27. The van der Waals surface area contributed by atoms with E-state index in [1.165, 1.54) is 32.2 Å². The van der Waals surface area contributed by atoms with E-state index in [1.807, 2.05) is 0 Å². The van der Waals surface area contributed by atoms with E-state index < -0.39 is 0 Å². The van der Waals surface area contributed by atoms with Crippen LogP contribution in [-0.2, 0) is 4.74 Å². The molecule has 15 heavy (non-hydrogen) atoms. The predicted molar refractivity (Wildman–Crippen MR) is 59.8 cm³/mol. The van der Waals surface area contributed by atoms with Gasteiger partial charge in [0.2, 0.25) is 0 Å². The van der Waals surface area contributed by atoms with Crippen molar-refractivity contribution in [3.8, 4) is 0 Å². The van der Waals surface area contributed by atoms with Gasteiger partial charge in [-0.05, 0) is 25.7 Å². The largest absolute Gasteiger partial charge is 0.394 e. The summed E-state index contributed by atoms with van der Waals surface area (Å²) in [5.41, 5.74) is 0. The summed E-state index contributed by atoms with van der Waals surface area (Å²) in [5.74, 6) is 0.893. The number of aliphatic hydroxyl groups is 1. The molecule has 2 unspecified atom stereocenters. The standard InChI is InChI=1S/C12H23NO2/c1-10-9-15-12(8-14)7-13(10)6-11-4-2-3-5-11/h10-12,14H,2-9H2,1H3. The minimum Gasteiger partial charge on any atom is -0.394 e. The third kappa shape index (κ3) is 2.92.